The molecule has 1 atom stereocenters. The number of ether oxygens (including phenoxy) is 3. The summed E-state index contributed by atoms with van der Waals surface area (Å²) in [5.41, 5.74) is 0. The van der Waals surface area contributed by atoms with E-state index in [4.69, 9.17) is 14.2 Å². The molecule has 0 aromatic carbocycles. The van der Waals surface area contributed by atoms with E-state index >= 15 is 0 Å². The average Bonchev–Trinajstić information content (AvgIpc) is 3.45. The molecular weight excluding hydrogens is 973 g/mol. The van der Waals surface area contributed by atoms with Crippen LogP contribution in [0.25, 0.3) is 0 Å². The zero-order valence-corrected chi connectivity index (χ0v) is 53.4. The lowest BCUT2D eigenvalue weighted by Gasteiger charge is -2.18. The van der Waals surface area contributed by atoms with Crippen LogP contribution in [0.5, 0.6) is 0 Å². The van der Waals surface area contributed by atoms with Crippen LogP contribution < -0.4 is 0 Å². The van der Waals surface area contributed by atoms with Crippen LogP contribution in [0, 0.1) is 0 Å². The van der Waals surface area contributed by atoms with Gasteiger partial charge in [-0.3, -0.25) is 14.4 Å². The van der Waals surface area contributed by atoms with Gasteiger partial charge in [-0.25, -0.2) is 0 Å². The minimum absolute atomic E-state index is 0.0672. The summed E-state index contributed by atoms with van der Waals surface area (Å²) in [5, 5.41) is 0. The highest BCUT2D eigenvalue weighted by atomic mass is 16.6. The van der Waals surface area contributed by atoms with Crippen molar-refractivity contribution in [3.05, 3.63) is 36.5 Å². The maximum absolute atomic E-state index is 12.9. The predicted octanol–water partition coefficient (Wildman–Crippen LogP) is 24.3. The lowest BCUT2D eigenvalue weighted by atomic mass is 10.0. The number of rotatable bonds is 66. The topological polar surface area (TPSA) is 78.9 Å². The van der Waals surface area contributed by atoms with Crippen molar-refractivity contribution in [3.8, 4) is 0 Å². The van der Waals surface area contributed by atoms with Crippen LogP contribution in [0.3, 0.4) is 0 Å². The molecule has 0 aromatic heterocycles. The fraction of sp³-hybridized carbons (Fsp3) is 0.877. The van der Waals surface area contributed by atoms with Crippen molar-refractivity contribution in [2.45, 2.75) is 399 Å². The lowest BCUT2D eigenvalue weighted by Crippen LogP contribution is -2.30. The Hall–Kier alpha value is -2.37. The highest BCUT2D eigenvalue weighted by molar-refractivity contribution is 5.71. The second kappa shape index (κ2) is 68.1. The van der Waals surface area contributed by atoms with E-state index < -0.39 is 6.10 Å². The van der Waals surface area contributed by atoms with E-state index in [-0.39, 0.29) is 31.1 Å². The maximum Gasteiger partial charge on any atom is 0.306 e. The largest absolute Gasteiger partial charge is 0.462 e. The molecule has 0 saturated carbocycles. The molecular formula is C73H136O6. The Morgan fingerprint density at radius 3 is 0.709 bits per heavy atom. The van der Waals surface area contributed by atoms with E-state index in [1.807, 2.05) is 0 Å². The van der Waals surface area contributed by atoms with Crippen molar-refractivity contribution in [1.82, 2.24) is 0 Å². The SMILES string of the molecule is CCCCCCC/C=C\C/C=C\C/C=C\CCCCCCCCCCCCC(=O)OCC(COC(=O)CCCCCCCCCCCCCC)OC(=O)CCCCCCCCCCCCCCCCCCCCCCCCCC. The van der Waals surface area contributed by atoms with Gasteiger partial charge < -0.3 is 14.2 Å². The standard InChI is InChI=1S/C73H136O6/c1-4-7-10-13-16-19-22-25-27-29-31-33-35-37-39-40-42-44-46-48-51-54-57-60-63-66-72(75)78-69-70(68-77-71(74)65-62-59-56-53-50-24-21-18-15-12-9-6-3)79-73(76)67-64-61-58-55-52-49-47-45-43-41-38-36-34-32-30-28-26-23-20-17-14-11-8-5-2/h22,25,29,31,35,37,70H,4-21,23-24,26-28,30,32-34,36,38-69H2,1-3H3/b25-22-,31-29-,37-35-. The van der Waals surface area contributed by atoms with Crippen molar-refractivity contribution in [3.63, 3.8) is 0 Å². The lowest BCUT2D eigenvalue weighted by molar-refractivity contribution is -0.167. The van der Waals surface area contributed by atoms with Gasteiger partial charge in [-0.2, -0.15) is 0 Å². The fourth-order valence-corrected chi connectivity index (χ4v) is 10.8. The van der Waals surface area contributed by atoms with Gasteiger partial charge in [-0.05, 0) is 57.8 Å². The molecule has 6 nitrogen and oxygen atoms in total. The number of hydrogen-bond acceptors (Lipinski definition) is 6. The number of esters is 3. The maximum atomic E-state index is 12.9. The third kappa shape index (κ3) is 66.3. The molecule has 1 unspecified atom stereocenters. The van der Waals surface area contributed by atoms with E-state index in [9.17, 15) is 14.4 Å². The predicted molar refractivity (Wildman–Crippen MR) is 344 cm³/mol. The summed E-state index contributed by atoms with van der Waals surface area (Å²) >= 11 is 0. The Morgan fingerprint density at radius 2 is 0.456 bits per heavy atom. The molecule has 0 spiro atoms. The van der Waals surface area contributed by atoms with Crippen LogP contribution in [0.4, 0.5) is 0 Å². The molecule has 0 aromatic rings. The van der Waals surface area contributed by atoms with E-state index in [1.165, 1.54) is 283 Å². The number of hydrogen-bond donors (Lipinski definition) is 0. The smallest absolute Gasteiger partial charge is 0.306 e. The van der Waals surface area contributed by atoms with Crippen molar-refractivity contribution >= 4 is 17.9 Å². The second-order valence-electron chi connectivity index (χ2n) is 24.2. The molecule has 0 bridgehead atoms. The Morgan fingerprint density at radius 1 is 0.253 bits per heavy atom. The summed E-state index contributed by atoms with van der Waals surface area (Å²) < 4.78 is 17.0. The first-order chi connectivity index (χ1) is 39.0. The quantitative estimate of drug-likeness (QED) is 0.0261. The fourth-order valence-electron chi connectivity index (χ4n) is 10.8. The third-order valence-electron chi connectivity index (χ3n) is 16.1. The molecule has 79 heavy (non-hydrogen) atoms. The monoisotopic (exact) mass is 1110 g/mol. The van der Waals surface area contributed by atoms with Gasteiger partial charge in [0.15, 0.2) is 6.10 Å². The minimum Gasteiger partial charge on any atom is -0.462 e. The van der Waals surface area contributed by atoms with Gasteiger partial charge in [-0.1, -0.05) is 353 Å². The molecule has 0 rings (SSSR count). The van der Waals surface area contributed by atoms with E-state index in [0.29, 0.717) is 19.3 Å². The van der Waals surface area contributed by atoms with Crippen molar-refractivity contribution in [2.75, 3.05) is 13.2 Å². The molecule has 0 radical (unpaired) electrons. The van der Waals surface area contributed by atoms with Crippen LogP contribution in [0.15, 0.2) is 36.5 Å². The zero-order chi connectivity index (χ0) is 57.1. The van der Waals surface area contributed by atoms with E-state index in [1.54, 1.807) is 0 Å². The summed E-state index contributed by atoms with van der Waals surface area (Å²) in [6.07, 6.45) is 84.6. The minimum atomic E-state index is -0.771. The van der Waals surface area contributed by atoms with Gasteiger partial charge in [0.1, 0.15) is 13.2 Å². The Bertz CT molecular complexity index is 1320. The van der Waals surface area contributed by atoms with Gasteiger partial charge in [0.05, 0.1) is 0 Å². The first-order valence-electron chi connectivity index (χ1n) is 35.5. The van der Waals surface area contributed by atoms with Gasteiger partial charge in [-0.15, -0.1) is 0 Å². The van der Waals surface area contributed by atoms with Crippen molar-refractivity contribution in [2.24, 2.45) is 0 Å². The van der Waals surface area contributed by atoms with E-state index in [0.717, 1.165) is 70.6 Å². The Balaban J connectivity index is 4.22. The number of unbranched alkanes of at least 4 members (excludes halogenated alkanes) is 49. The van der Waals surface area contributed by atoms with E-state index in [2.05, 4.69) is 57.2 Å². The second-order valence-corrected chi connectivity index (χ2v) is 24.2. The summed E-state index contributed by atoms with van der Waals surface area (Å²) in [7, 11) is 0. The first-order valence-corrected chi connectivity index (χ1v) is 35.5. The molecule has 464 valence electrons. The molecule has 0 aliphatic heterocycles. The number of carbonyl (C=O) groups excluding carboxylic acids is 3. The highest BCUT2D eigenvalue weighted by Gasteiger charge is 2.19. The average molecular weight is 1110 g/mol. The van der Waals surface area contributed by atoms with Crippen LogP contribution in [0.1, 0.15) is 393 Å². The van der Waals surface area contributed by atoms with Gasteiger partial charge >= 0.3 is 17.9 Å². The normalized spacial score (nSPS) is 12.2. The van der Waals surface area contributed by atoms with Gasteiger partial charge in [0, 0.05) is 19.3 Å². The Labute approximate surface area is 493 Å². The molecule has 0 saturated heterocycles. The van der Waals surface area contributed by atoms with Crippen LogP contribution >= 0.6 is 0 Å². The number of allylic oxidation sites excluding steroid dienone is 6. The summed E-state index contributed by atoms with van der Waals surface area (Å²) in [5.74, 6) is -0.842. The van der Waals surface area contributed by atoms with Gasteiger partial charge in [0.25, 0.3) is 0 Å². The van der Waals surface area contributed by atoms with Gasteiger partial charge in [0.2, 0.25) is 0 Å². The molecule has 0 aliphatic carbocycles. The number of carbonyl (C=O) groups is 3. The van der Waals surface area contributed by atoms with Crippen LogP contribution in [0.2, 0.25) is 0 Å². The summed E-state index contributed by atoms with van der Waals surface area (Å²) in [6, 6.07) is 0. The van der Waals surface area contributed by atoms with Crippen molar-refractivity contribution < 1.29 is 28.6 Å². The van der Waals surface area contributed by atoms with Crippen LogP contribution in [-0.4, -0.2) is 37.2 Å². The molecule has 0 N–H and O–H groups in total. The van der Waals surface area contributed by atoms with Crippen LogP contribution in [-0.2, 0) is 28.6 Å². The Kier molecular flexibility index (Phi) is 66.1. The summed E-state index contributed by atoms with van der Waals surface area (Å²) in [6.45, 7) is 6.70. The third-order valence-corrected chi connectivity index (χ3v) is 16.1. The first kappa shape index (κ1) is 76.6. The van der Waals surface area contributed by atoms with Crippen molar-refractivity contribution in [1.29, 1.82) is 0 Å². The molecule has 0 fully saturated rings. The molecule has 0 heterocycles. The molecule has 0 aliphatic rings. The zero-order valence-electron chi connectivity index (χ0n) is 53.4. The summed E-state index contributed by atoms with van der Waals surface area (Å²) in [4.78, 5) is 38.4. The highest BCUT2D eigenvalue weighted by Crippen LogP contribution is 2.19. The molecule has 0 amide bonds. The molecule has 6 heteroatoms.